The molecule has 1 heterocycles. The number of guanidine groups is 1. The second-order valence-corrected chi connectivity index (χ2v) is 5.09. The summed E-state index contributed by atoms with van der Waals surface area (Å²) in [6.45, 7) is 8.06. The fourth-order valence-corrected chi connectivity index (χ4v) is 1.85. The van der Waals surface area contributed by atoms with Crippen molar-refractivity contribution in [2.24, 2.45) is 4.99 Å². The highest BCUT2D eigenvalue weighted by molar-refractivity contribution is 14.0. The van der Waals surface area contributed by atoms with Crippen molar-refractivity contribution in [2.45, 2.75) is 38.8 Å². The zero-order valence-corrected chi connectivity index (χ0v) is 14.9. The van der Waals surface area contributed by atoms with E-state index in [1.807, 2.05) is 0 Å². The van der Waals surface area contributed by atoms with Crippen LogP contribution in [-0.2, 0) is 4.74 Å². The maximum absolute atomic E-state index is 5.57. The molecule has 0 spiro atoms. The summed E-state index contributed by atoms with van der Waals surface area (Å²) in [6.07, 6.45) is 2.68. The van der Waals surface area contributed by atoms with E-state index in [1.165, 1.54) is 6.42 Å². The Balaban J connectivity index is 0.00000324. The first-order valence-corrected chi connectivity index (χ1v) is 6.90. The number of hydrogen-bond acceptors (Lipinski definition) is 3. The number of likely N-dealkylation sites (N-methyl/N-ethyl adjacent to an activating group) is 1. The molecule has 114 valence electrons. The van der Waals surface area contributed by atoms with E-state index in [0.29, 0.717) is 12.1 Å². The Bertz CT molecular complexity index is 255. The van der Waals surface area contributed by atoms with E-state index in [4.69, 9.17) is 4.74 Å². The smallest absolute Gasteiger partial charge is 0.191 e. The molecule has 0 aromatic carbocycles. The van der Waals surface area contributed by atoms with Crippen LogP contribution in [-0.4, -0.2) is 63.3 Å². The van der Waals surface area contributed by atoms with Gasteiger partial charge in [-0.15, -0.1) is 24.0 Å². The molecule has 0 radical (unpaired) electrons. The van der Waals surface area contributed by atoms with Crippen LogP contribution < -0.4 is 10.6 Å². The third kappa shape index (κ3) is 7.94. The van der Waals surface area contributed by atoms with Gasteiger partial charge >= 0.3 is 0 Å². The molecule has 0 aliphatic carbocycles. The van der Waals surface area contributed by atoms with Crippen LogP contribution in [0.3, 0.4) is 0 Å². The lowest BCUT2D eigenvalue weighted by molar-refractivity contribution is 0.114. The summed E-state index contributed by atoms with van der Waals surface area (Å²) in [5.41, 5.74) is 0. The van der Waals surface area contributed by atoms with Gasteiger partial charge in [-0.25, -0.2) is 0 Å². The van der Waals surface area contributed by atoms with Gasteiger partial charge in [0.15, 0.2) is 5.96 Å². The molecule has 1 unspecified atom stereocenters. The van der Waals surface area contributed by atoms with Crippen molar-refractivity contribution in [3.63, 3.8) is 0 Å². The van der Waals surface area contributed by atoms with Gasteiger partial charge in [-0.05, 0) is 33.7 Å². The van der Waals surface area contributed by atoms with Crippen LogP contribution in [0.2, 0.25) is 0 Å². The fraction of sp³-hybridized carbons (Fsp3) is 0.923. The molecule has 0 amide bonds. The molecule has 0 bridgehead atoms. The van der Waals surface area contributed by atoms with Crippen LogP contribution in [0.25, 0.3) is 0 Å². The van der Waals surface area contributed by atoms with Crippen molar-refractivity contribution >= 4 is 29.9 Å². The summed E-state index contributed by atoms with van der Waals surface area (Å²) < 4.78 is 5.57. The van der Waals surface area contributed by atoms with E-state index in [9.17, 15) is 0 Å². The zero-order chi connectivity index (χ0) is 13.4. The molecule has 1 aliphatic heterocycles. The maximum atomic E-state index is 5.57. The van der Waals surface area contributed by atoms with Crippen molar-refractivity contribution < 1.29 is 4.74 Å². The molecule has 1 rings (SSSR count). The van der Waals surface area contributed by atoms with Gasteiger partial charge in [-0.1, -0.05) is 0 Å². The highest BCUT2D eigenvalue weighted by Crippen LogP contribution is 2.10. The summed E-state index contributed by atoms with van der Waals surface area (Å²) in [7, 11) is 3.94. The Labute approximate surface area is 134 Å². The average Bonchev–Trinajstić information content (AvgIpc) is 2.86. The summed E-state index contributed by atoms with van der Waals surface area (Å²) in [5.74, 6) is 0.864. The summed E-state index contributed by atoms with van der Waals surface area (Å²) in [6, 6.07) is 0.577. The molecule has 2 N–H and O–H groups in total. The number of nitrogens with zero attached hydrogens (tertiary/aromatic N) is 2. The lowest BCUT2D eigenvalue weighted by Gasteiger charge is -2.22. The van der Waals surface area contributed by atoms with Crippen molar-refractivity contribution in [3.8, 4) is 0 Å². The predicted octanol–water partition coefficient (Wildman–Crippen LogP) is 1.29. The standard InChI is InChI=1S/C13H28N4O.HI/c1-11(2)17(4)8-7-15-13(14-3)16-10-12-6-5-9-18-12;/h11-12H,5-10H2,1-4H3,(H2,14,15,16);1H. The summed E-state index contributed by atoms with van der Waals surface area (Å²) in [4.78, 5) is 6.52. The van der Waals surface area contributed by atoms with E-state index in [1.54, 1.807) is 7.05 Å². The Kier molecular flexibility index (Phi) is 10.6. The predicted molar refractivity (Wildman–Crippen MR) is 91.5 cm³/mol. The van der Waals surface area contributed by atoms with Crippen molar-refractivity contribution in [2.75, 3.05) is 40.3 Å². The minimum Gasteiger partial charge on any atom is -0.376 e. The van der Waals surface area contributed by atoms with Crippen LogP contribution in [0.5, 0.6) is 0 Å². The van der Waals surface area contributed by atoms with Crippen LogP contribution in [0.15, 0.2) is 4.99 Å². The normalized spacial score (nSPS) is 19.7. The Morgan fingerprint density at radius 3 is 2.68 bits per heavy atom. The quantitative estimate of drug-likeness (QED) is 0.412. The lowest BCUT2D eigenvalue weighted by atomic mass is 10.2. The van der Waals surface area contributed by atoms with Gasteiger partial charge in [0.05, 0.1) is 6.10 Å². The van der Waals surface area contributed by atoms with E-state index in [2.05, 4.69) is 41.4 Å². The van der Waals surface area contributed by atoms with Crippen molar-refractivity contribution in [3.05, 3.63) is 0 Å². The highest BCUT2D eigenvalue weighted by Gasteiger charge is 2.15. The van der Waals surface area contributed by atoms with Crippen LogP contribution >= 0.6 is 24.0 Å². The molecule has 1 fully saturated rings. The van der Waals surface area contributed by atoms with Gasteiger partial charge in [-0.3, -0.25) is 4.99 Å². The third-order valence-electron chi connectivity index (χ3n) is 3.38. The molecule has 0 aromatic heterocycles. The first kappa shape index (κ1) is 18.9. The van der Waals surface area contributed by atoms with Crippen LogP contribution in [0.4, 0.5) is 0 Å². The third-order valence-corrected chi connectivity index (χ3v) is 3.38. The summed E-state index contributed by atoms with van der Waals surface area (Å²) in [5, 5.41) is 6.63. The van der Waals surface area contributed by atoms with Crippen LogP contribution in [0.1, 0.15) is 26.7 Å². The van der Waals surface area contributed by atoms with Crippen LogP contribution in [0, 0.1) is 0 Å². The van der Waals surface area contributed by atoms with Gasteiger partial charge in [0, 0.05) is 39.3 Å². The SMILES string of the molecule is CN=C(NCCN(C)C(C)C)NCC1CCCO1.I. The number of rotatable bonds is 6. The monoisotopic (exact) mass is 384 g/mol. The van der Waals surface area contributed by atoms with E-state index in [-0.39, 0.29) is 24.0 Å². The topological polar surface area (TPSA) is 48.9 Å². The van der Waals surface area contributed by atoms with Gasteiger partial charge in [0.1, 0.15) is 0 Å². The number of ether oxygens (including phenoxy) is 1. The lowest BCUT2D eigenvalue weighted by Crippen LogP contribution is -2.44. The van der Waals surface area contributed by atoms with E-state index >= 15 is 0 Å². The zero-order valence-electron chi connectivity index (χ0n) is 12.6. The van der Waals surface area contributed by atoms with Gasteiger partial charge in [0.25, 0.3) is 0 Å². The first-order chi connectivity index (χ1) is 8.63. The second-order valence-electron chi connectivity index (χ2n) is 5.09. The maximum Gasteiger partial charge on any atom is 0.191 e. The van der Waals surface area contributed by atoms with Gasteiger partial charge in [-0.2, -0.15) is 0 Å². The molecule has 1 aliphatic rings. The number of halogens is 1. The minimum absolute atomic E-state index is 0. The van der Waals surface area contributed by atoms with E-state index < -0.39 is 0 Å². The second kappa shape index (κ2) is 10.7. The molecule has 5 nitrogen and oxygen atoms in total. The molecule has 1 atom stereocenters. The Morgan fingerprint density at radius 2 is 2.16 bits per heavy atom. The molecule has 19 heavy (non-hydrogen) atoms. The molecular formula is C13H29IN4O. The number of nitrogens with one attached hydrogen (secondary N) is 2. The summed E-state index contributed by atoms with van der Waals surface area (Å²) >= 11 is 0. The molecule has 6 heteroatoms. The first-order valence-electron chi connectivity index (χ1n) is 6.90. The average molecular weight is 384 g/mol. The molecular weight excluding hydrogens is 355 g/mol. The fourth-order valence-electron chi connectivity index (χ4n) is 1.85. The molecule has 0 saturated carbocycles. The van der Waals surface area contributed by atoms with Gasteiger partial charge < -0.3 is 20.3 Å². The van der Waals surface area contributed by atoms with Crippen molar-refractivity contribution in [1.82, 2.24) is 15.5 Å². The molecule has 1 saturated heterocycles. The van der Waals surface area contributed by atoms with E-state index in [0.717, 1.165) is 38.6 Å². The minimum atomic E-state index is 0. The highest BCUT2D eigenvalue weighted by atomic mass is 127. The van der Waals surface area contributed by atoms with Gasteiger partial charge in [0.2, 0.25) is 0 Å². The largest absolute Gasteiger partial charge is 0.376 e. The Morgan fingerprint density at radius 1 is 1.42 bits per heavy atom. The number of hydrogen-bond donors (Lipinski definition) is 2. The Hall–Kier alpha value is -0.0800. The number of aliphatic imine (C=N–C) groups is 1. The van der Waals surface area contributed by atoms with Crippen molar-refractivity contribution in [1.29, 1.82) is 0 Å². The molecule has 0 aromatic rings.